The van der Waals surface area contributed by atoms with Gasteiger partial charge in [-0.05, 0) is 17.7 Å². The second-order valence-electron chi connectivity index (χ2n) is 4.52. The summed E-state index contributed by atoms with van der Waals surface area (Å²) in [6.45, 7) is -0.228. The van der Waals surface area contributed by atoms with Crippen molar-refractivity contribution in [1.29, 1.82) is 0 Å². The SMILES string of the molecule is O=C(Nc1cc(C(=O)O)ccc1CO)OCc1ccccc1. The third-order valence-electron chi connectivity index (χ3n) is 2.98. The third-order valence-corrected chi connectivity index (χ3v) is 2.98. The summed E-state index contributed by atoms with van der Waals surface area (Å²) < 4.78 is 5.05. The number of benzene rings is 2. The summed E-state index contributed by atoms with van der Waals surface area (Å²) >= 11 is 0. The zero-order chi connectivity index (χ0) is 15.9. The first-order chi connectivity index (χ1) is 10.6. The fraction of sp³-hybridized carbons (Fsp3) is 0.125. The minimum Gasteiger partial charge on any atom is -0.478 e. The number of aliphatic hydroxyl groups excluding tert-OH is 1. The molecule has 0 bridgehead atoms. The van der Waals surface area contributed by atoms with Crippen molar-refractivity contribution in [2.24, 2.45) is 0 Å². The first-order valence-corrected chi connectivity index (χ1v) is 6.55. The van der Waals surface area contributed by atoms with Gasteiger partial charge >= 0.3 is 12.1 Å². The molecule has 2 aromatic rings. The van der Waals surface area contributed by atoms with E-state index < -0.39 is 12.1 Å². The Kier molecular flexibility index (Phi) is 5.11. The maximum atomic E-state index is 11.8. The summed E-state index contributed by atoms with van der Waals surface area (Å²) in [7, 11) is 0. The quantitative estimate of drug-likeness (QED) is 0.789. The van der Waals surface area contributed by atoms with Crippen LogP contribution in [-0.4, -0.2) is 22.3 Å². The molecule has 114 valence electrons. The Bertz CT molecular complexity index is 669. The number of carboxylic acids is 1. The van der Waals surface area contributed by atoms with E-state index >= 15 is 0 Å². The maximum absolute atomic E-state index is 11.8. The van der Waals surface area contributed by atoms with Crippen molar-refractivity contribution in [1.82, 2.24) is 0 Å². The number of hydrogen-bond donors (Lipinski definition) is 3. The number of anilines is 1. The van der Waals surface area contributed by atoms with Crippen LogP contribution < -0.4 is 5.32 Å². The Morgan fingerprint density at radius 2 is 1.82 bits per heavy atom. The highest BCUT2D eigenvalue weighted by atomic mass is 16.5. The van der Waals surface area contributed by atoms with E-state index in [-0.39, 0.29) is 24.5 Å². The number of carbonyl (C=O) groups excluding carboxylic acids is 1. The van der Waals surface area contributed by atoms with E-state index in [0.29, 0.717) is 5.56 Å². The fourth-order valence-electron chi connectivity index (χ4n) is 1.83. The fourth-order valence-corrected chi connectivity index (χ4v) is 1.83. The summed E-state index contributed by atoms with van der Waals surface area (Å²) in [4.78, 5) is 22.7. The maximum Gasteiger partial charge on any atom is 0.411 e. The van der Waals surface area contributed by atoms with Crippen molar-refractivity contribution >= 4 is 17.7 Å². The second kappa shape index (κ2) is 7.24. The Morgan fingerprint density at radius 1 is 1.09 bits per heavy atom. The molecule has 6 nitrogen and oxygen atoms in total. The van der Waals surface area contributed by atoms with Crippen molar-refractivity contribution in [3.63, 3.8) is 0 Å². The van der Waals surface area contributed by atoms with Gasteiger partial charge in [-0.3, -0.25) is 5.32 Å². The molecule has 0 atom stereocenters. The van der Waals surface area contributed by atoms with Crippen LogP contribution in [0.5, 0.6) is 0 Å². The number of ether oxygens (including phenoxy) is 1. The number of carbonyl (C=O) groups is 2. The predicted molar refractivity (Wildman–Crippen MR) is 79.6 cm³/mol. The lowest BCUT2D eigenvalue weighted by Gasteiger charge is -2.11. The molecular formula is C16H15NO5. The van der Waals surface area contributed by atoms with Crippen LogP contribution in [0.15, 0.2) is 48.5 Å². The number of aromatic carboxylic acids is 1. The monoisotopic (exact) mass is 301 g/mol. The van der Waals surface area contributed by atoms with Gasteiger partial charge in [-0.2, -0.15) is 0 Å². The lowest BCUT2D eigenvalue weighted by Crippen LogP contribution is -2.15. The van der Waals surface area contributed by atoms with Crippen LogP contribution in [0.25, 0.3) is 0 Å². The summed E-state index contributed by atoms with van der Waals surface area (Å²) in [5.74, 6) is -1.12. The number of rotatable bonds is 5. The van der Waals surface area contributed by atoms with E-state index in [1.807, 2.05) is 30.3 Å². The number of nitrogens with one attached hydrogen (secondary N) is 1. The van der Waals surface area contributed by atoms with Crippen LogP contribution in [0, 0.1) is 0 Å². The molecule has 1 amide bonds. The number of amides is 1. The van der Waals surface area contributed by atoms with Crippen molar-refractivity contribution in [3.05, 3.63) is 65.2 Å². The van der Waals surface area contributed by atoms with Gasteiger partial charge in [0.25, 0.3) is 0 Å². The molecule has 0 saturated heterocycles. The molecular weight excluding hydrogens is 286 g/mol. The number of carboxylic acid groups (broad SMARTS) is 1. The van der Waals surface area contributed by atoms with Crippen molar-refractivity contribution < 1.29 is 24.5 Å². The molecule has 0 aliphatic rings. The van der Waals surface area contributed by atoms with Gasteiger partial charge in [-0.15, -0.1) is 0 Å². The molecule has 0 fully saturated rings. The minimum atomic E-state index is -1.12. The van der Waals surface area contributed by atoms with Crippen LogP contribution in [0.3, 0.4) is 0 Å². The lowest BCUT2D eigenvalue weighted by molar-refractivity contribution is 0.0696. The van der Waals surface area contributed by atoms with Gasteiger partial charge in [-0.1, -0.05) is 36.4 Å². The molecule has 0 heterocycles. The first-order valence-electron chi connectivity index (χ1n) is 6.55. The smallest absolute Gasteiger partial charge is 0.411 e. The van der Waals surface area contributed by atoms with Gasteiger partial charge in [0.2, 0.25) is 0 Å². The van der Waals surface area contributed by atoms with Crippen LogP contribution >= 0.6 is 0 Å². The molecule has 2 aromatic carbocycles. The zero-order valence-electron chi connectivity index (χ0n) is 11.7. The zero-order valence-corrected chi connectivity index (χ0v) is 11.7. The molecule has 0 unspecified atom stereocenters. The van der Waals surface area contributed by atoms with E-state index in [2.05, 4.69) is 5.32 Å². The topological polar surface area (TPSA) is 95.9 Å². The van der Waals surface area contributed by atoms with Crippen LogP contribution in [0.2, 0.25) is 0 Å². The average Bonchev–Trinajstić information content (AvgIpc) is 2.53. The summed E-state index contributed by atoms with van der Waals surface area (Å²) in [5.41, 5.74) is 1.46. The van der Waals surface area contributed by atoms with Gasteiger partial charge in [0.05, 0.1) is 17.9 Å². The molecule has 3 N–H and O–H groups in total. The number of hydrogen-bond acceptors (Lipinski definition) is 4. The van der Waals surface area contributed by atoms with Gasteiger partial charge in [0, 0.05) is 5.56 Å². The van der Waals surface area contributed by atoms with Crippen LogP contribution in [-0.2, 0) is 18.0 Å². The van der Waals surface area contributed by atoms with E-state index in [4.69, 9.17) is 9.84 Å². The van der Waals surface area contributed by atoms with E-state index in [0.717, 1.165) is 5.56 Å². The van der Waals surface area contributed by atoms with Crippen molar-refractivity contribution in [2.75, 3.05) is 5.32 Å². The van der Waals surface area contributed by atoms with Gasteiger partial charge in [0.15, 0.2) is 0 Å². The molecule has 0 radical (unpaired) electrons. The van der Waals surface area contributed by atoms with E-state index in [9.17, 15) is 14.7 Å². The molecule has 0 saturated carbocycles. The Labute approximate surface area is 127 Å². The molecule has 0 aliphatic carbocycles. The van der Waals surface area contributed by atoms with Crippen LogP contribution in [0.4, 0.5) is 10.5 Å². The van der Waals surface area contributed by atoms with Gasteiger partial charge < -0.3 is 14.9 Å². The van der Waals surface area contributed by atoms with Gasteiger partial charge in [-0.25, -0.2) is 9.59 Å². The summed E-state index contributed by atoms with van der Waals surface area (Å²) in [5, 5.41) is 20.6. The highest BCUT2D eigenvalue weighted by molar-refractivity contribution is 5.92. The summed E-state index contributed by atoms with van der Waals surface area (Å²) in [6.07, 6.45) is -0.721. The van der Waals surface area contributed by atoms with Crippen molar-refractivity contribution in [3.8, 4) is 0 Å². The third kappa shape index (κ3) is 4.07. The number of aliphatic hydroxyl groups is 1. The minimum absolute atomic E-state index is 0.00978. The molecule has 6 heteroatoms. The Balaban J connectivity index is 2.04. The second-order valence-corrected chi connectivity index (χ2v) is 4.52. The Hall–Kier alpha value is -2.86. The average molecular weight is 301 g/mol. The normalized spacial score (nSPS) is 10.0. The molecule has 22 heavy (non-hydrogen) atoms. The molecule has 2 rings (SSSR count). The predicted octanol–water partition coefficient (Wildman–Crippen LogP) is 2.63. The van der Waals surface area contributed by atoms with Crippen LogP contribution in [0.1, 0.15) is 21.5 Å². The van der Waals surface area contributed by atoms with Crippen molar-refractivity contribution in [2.45, 2.75) is 13.2 Å². The van der Waals surface area contributed by atoms with E-state index in [1.54, 1.807) is 0 Å². The lowest BCUT2D eigenvalue weighted by atomic mass is 10.1. The molecule has 0 aliphatic heterocycles. The van der Waals surface area contributed by atoms with Gasteiger partial charge in [0.1, 0.15) is 6.61 Å². The highest BCUT2D eigenvalue weighted by Crippen LogP contribution is 2.18. The first kappa shape index (κ1) is 15.5. The Morgan fingerprint density at radius 3 is 2.45 bits per heavy atom. The largest absolute Gasteiger partial charge is 0.478 e. The standard InChI is InChI=1S/C16H15NO5/c18-9-13-7-6-12(15(19)20)8-14(13)17-16(21)22-10-11-4-2-1-3-5-11/h1-8,18H,9-10H2,(H,17,21)(H,19,20). The van der Waals surface area contributed by atoms with E-state index in [1.165, 1.54) is 18.2 Å². The summed E-state index contributed by atoms with van der Waals surface area (Å²) in [6, 6.07) is 13.2. The highest BCUT2D eigenvalue weighted by Gasteiger charge is 2.11. The molecule has 0 spiro atoms. The molecule has 0 aromatic heterocycles.